The molecule has 0 aliphatic heterocycles. The summed E-state index contributed by atoms with van der Waals surface area (Å²) in [5.41, 5.74) is 0. The van der Waals surface area contributed by atoms with Crippen LogP contribution in [0.3, 0.4) is 0 Å². The van der Waals surface area contributed by atoms with Crippen LogP contribution in [0.15, 0.2) is 0 Å². The van der Waals surface area contributed by atoms with E-state index in [4.69, 9.17) is 10.2 Å². The van der Waals surface area contributed by atoms with Crippen LogP contribution in [0.25, 0.3) is 0 Å². The second-order valence-corrected chi connectivity index (χ2v) is 2.65. The molecule has 0 aliphatic rings. The normalized spacial score (nSPS) is 15.9. The maximum absolute atomic E-state index is 10.2. The van der Waals surface area contributed by atoms with Gasteiger partial charge in [0.15, 0.2) is 0 Å². The third kappa shape index (κ3) is 5.82. The van der Waals surface area contributed by atoms with E-state index in [9.17, 15) is 4.79 Å². The summed E-state index contributed by atoms with van der Waals surface area (Å²) in [4.78, 5) is 10.2. The quantitative estimate of drug-likeness (QED) is 0.523. The molecule has 0 saturated carbocycles. The average molecular weight is 161 g/mol. The van der Waals surface area contributed by atoms with Crippen molar-refractivity contribution in [3.8, 4) is 0 Å². The van der Waals surface area contributed by atoms with Gasteiger partial charge in [0, 0.05) is 0 Å². The van der Waals surface area contributed by atoms with E-state index in [1.807, 2.05) is 0 Å². The molecule has 0 bridgehead atoms. The van der Waals surface area contributed by atoms with Crippen molar-refractivity contribution in [3.63, 3.8) is 0 Å². The van der Waals surface area contributed by atoms with Crippen molar-refractivity contribution < 1.29 is 15.0 Å². The van der Waals surface area contributed by atoms with Gasteiger partial charge in [-0.3, -0.25) is 4.79 Å². The van der Waals surface area contributed by atoms with Gasteiger partial charge in [-0.25, -0.2) is 0 Å². The Balaban J connectivity index is 3.31. The number of carboxylic acids is 1. The van der Waals surface area contributed by atoms with Crippen LogP contribution in [-0.4, -0.2) is 34.9 Å². The molecule has 1 unspecified atom stereocenters. The summed E-state index contributed by atoms with van der Waals surface area (Å²) in [6, 6.07) is -0.534. The minimum atomic E-state index is -0.865. The second-order valence-electron chi connectivity index (χ2n) is 2.65. The molecule has 0 aromatic rings. The van der Waals surface area contributed by atoms with E-state index in [1.54, 1.807) is 13.8 Å². The van der Waals surface area contributed by atoms with Crippen LogP contribution in [0.5, 0.6) is 0 Å². The summed E-state index contributed by atoms with van der Waals surface area (Å²) >= 11 is 0. The zero-order valence-corrected chi connectivity index (χ0v) is 6.87. The highest BCUT2D eigenvalue weighted by atomic mass is 16.4. The van der Waals surface area contributed by atoms with E-state index in [2.05, 4.69) is 5.32 Å². The first-order chi connectivity index (χ1) is 5.04. The number of carbonyl (C=O) groups is 1. The fraction of sp³-hybridized carbons (Fsp3) is 0.857. The fourth-order valence-electron chi connectivity index (χ4n) is 0.596. The maximum Gasteiger partial charge on any atom is 0.320 e. The lowest BCUT2D eigenvalue weighted by Crippen LogP contribution is -2.35. The summed E-state index contributed by atoms with van der Waals surface area (Å²) in [6.07, 6.45) is 0.209. The number of hydrogen-bond acceptors (Lipinski definition) is 3. The molecule has 0 saturated heterocycles. The Labute approximate surface area is 66.2 Å². The van der Waals surface area contributed by atoms with Crippen LogP contribution in [0.4, 0.5) is 0 Å². The van der Waals surface area contributed by atoms with Crippen molar-refractivity contribution in [2.24, 2.45) is 0 Å². The lowest BCUT2D eigenvalue weighted by atomic mass is 10.2. The van der Waals surface area contributed by atoms with Crippen LogP contribution < -0.4 is 5.32 Å². The van der Waals surface area contributed by atoms with E-state index in [0.29, 0.717) is 13.0 Å². The van der Waals surface area contributed by atoms with Gasteiger partial charge in [-0.05, 0) is 26.8 Å². The Kier molecular flexibility index (Phi) is 4.81. The first-order valence-corrected chi connectivity index (χ1v) is 3.68. The molecule has 0 aromatic heterocycles. The zero-order chi connectivity index (χ0) is 8.85. The molecule has 66 valence electrons. The number of nitrogens with one attached hydrogen (secondary N) is 1. The number of carboxylic acid groups (broad SMARTS) is 1. The number of hydrogen-bond donors (Lipinski definition) is 3. The van der Waals surface area contributed by atoms with Crippen LogP contribution in [-0.2, 0) is 4.79 Å². The summed E-state index contributed by atoms with van der Waals surface area (Å²) in [7, 11) is 0. The first kappa shape index (κ1) is 10.4. The Hall–Kier alpha value is -0.610. The molecule has 4 heteroatoms. The molecule has 0 radical (unpaired) electrons. The summed E-state index contributed by atoms with van der Waals surface area (Å²) in [5.74, 6) is -0.865. The molecule has 0 aliphatic carbocycles. The van der Waals surface area contributed by atoms with E-state index >= 15 is 0 Å². The van der Waals surface area contributed by atoms with Crippen LogP contribution in [0.2, 0.25) is 0 Å². The average Bonchev–Trinajstić information content (AvgIpc) is 1.86. The van der Waals surface area contributed by atoms with Gasteiger partial charge in [0.05, 0.1) is 6.10 Å². The monoisotopic (exact) mass is 161 g/mol. The third-order valence-electron chi connectivity index (χ3n) is 1.38. The smallest absolute Gasteiger partial charge is 0.320 e. The molecule has 3 N–H and O–H groups in total. The molecule has 0 heterocycles. The Morgan fingerprint density at radius 2 is 2.09 bits per heavy atom. The van der Waals surface area contributed by atoms with Gasteiger partial charge in [-0.15, -0.1) is 0 Å². The molecule has 0 fully saturated rings. The van der Waals surface area contributed by atoms with E-state index in [-0.39, 0.29) is 6.10 Å². The van der Waals surface area contributed by atoms with Gasteiger partial charge in [0.1, 0.15) is 6.04 Å². The minimum Gasteiger partial charge on any atom is -0.480 e. The molecule has 0 rings (SSSR count). The summed E-state index contributed by atoms with van der Waals surface area (Å²) in [6.45, 7) is 3.78. The van der Waals surface area contributed by atoms with Crippen LogP contribution >= 0.6 is 0 Å². The summed E-state index contributed by atoms with van der Waals surface area (Å²) < 4.78 is 0. The zero-order valence-electron chi connectivity index (χ0n) is 6.87. The third-order valence-corrected chi connectivity index (χ3v) is 1.38. The van der Waals surface area contributed by atoms with Gasteiger partial charge < -0.3 is 15.5 Å². The Bertz CT molecular complexity index is 125. The first-order valence-electron chi connectivity index (χ1n) is 3.68. The van der Waals surface area contributed by atoms with Crippen LogP contribution in [0, 0.1) is 0 Å². The van der Waals surface area contributed by atoms with Gasteiger partial charge in [0.2, 0.25) is 0 Å². The van der Waals surface area contributed by atoms with Gasteiger partial charge >= 0.3 is 5.97 Å². The van der Waals surface area contributed by atoms with Crippen molar-refractivity contribution in [1.29, 1.82) is 0 Å². The topological polar surface area (TPSA) is 69.6 Å². The highest BCUT2D eigenvalue weighted by Gasteiger charge is 2.08. The lowest BCUT2D eigenvalue weighted by molar-refractivity contribution is -0.139. The Morgan fingerprint density at radius 1 is 1.55 bits per heavy atom. The Morgan fingerprint density at radius 3 is 2.45 bits per heavy atom. The van der Waals surface area contributed by atoms with Gasteiger partial charge in [-0.1, -0.05) is 0 Å². The highest BCUT2D eigenvalue weighted by Crippen LogP contribution is 1.88. The van der Waals surface area contributed by atoms with Crippen molar-refractivity contribution in [2.45, 2.75) is 32.4 Å². The molecular weight excluding hydrogens is 146 g/mol. The number of rotatable bonds is 5. The van der Waals surface area contributed by atoms with E-state index in [0.717, 1.165) is 0 Å². The predicted octanol–water partition coefficient (Wildman–Crippen LogP) is -0.180. The van der Waals surface area contributed by atoms with Crippen molar-refractivity contribution >= 4 is 5.97 Å². The molecule has 0 spiro atoms. The minimum absolute atomic E-state index is 0.372. The number of aliphatic carboxylic acids is 1. The predicted molar refractivity (Wildman–Crippen MR) is 41.4 cm³/mol. The number of aliphatic hydroxyl groups excluding tert-OH is 1. The largest absolute Gasteiger partial charge is 0.480 e. The molecule has 0 aromatic carbocycles. The maximum atomic E-state index is 10.2. The second kappa shape index (κ2) is 5.09. The lowest BCUT2D eigenvalue weighted by Gasteiger charge is -2.09. The van der Waals surface area contributed by atoms with Crippen LogP contribution in [0.1, 0.15) is 20.3 Å². The van der Waals surface area contributed by atoms with Crippen molar-refractivity contribution in [3.05, 3.63) is 0 Å². The standard InChI is InChI=1S/C7H15NO3/c1-5(9)3-4-8-6(2)7(10)11/h5-6,8-9H,3-4H2,1-2H3,(H,10,11)/t5?,6-/m1/s1. The van der Waals surface area contributed by atoms with E-state index in [1.165, 1.54) is 0 Å². The summed E-state index contributed by atoms with van der Waals surface area (Å²) in [5, 5.41) is 20.0. The molecule has 0 amide bonds. The van der Waals surface area contributed by atoms with Crippen molar-refractivity contribution in [2.75, 3.05) is 6.54 Å². The molecule has 11 heavy (non-hydrogen) atoms. The molecule has 4 nitrogen and oxygen atoms in total. The van der Waals surface area contributed by atoms with Crippen molar-refractivity contribution in [1.82, 2.24) is 5.32 Å². The number of aliphatic hydroxyl groups is 1. The molecule has 2 atom stereocenters. The molecular formula is C7H15NO3. The SMILES string of the molecule is CC(O)CCN[C@H](C)C(=O)O. The van der Waals surface area contributed by atoms with E-state index < -0.39 is 12.0 Å². The van der Waals surface area contributed by atoms with Gasteiger partial charge in [0.25, 0.3) is 0 Å². The highest BCUT2D eigenvalue weighted by molar-refractivity contribution is 5.72. The fourth-order valence-corrected chi connectivity index (χ4v) is 0.596. The van der Waals surface area contributed by atoms with Gasteiger partial charge in [-0.2, -0.15) is 0 Å².